The molecule has 0 amide bonds. The molecular formula is C86H79BN4. The van der Waals surface area contributed by atoms with Gasteiger partial charge in [-0.2, -0.15) is 0 Å². The van der Waals surface area contributed by atoms with Gasteiger partial charge in [0.1, 0.15) is 0 Å². The van der Waals surface area contributed by atoms with Crippen LogP contribution >= 0.6 is 0 Å². The summed E-state index contributed by atoms with van der Waals surface area (Å²) in [5.41, 5.74) is 29.1. The van der Waals surface area contributed by atoms with Gasteiger partial charge in [0.2, 0.25) is 0 Å². The van der Waals surface area contributed by atoms with Crippen LogP contribution in [0, 0.1) is 0 Å². The Morgan fingerprint density at radius 1 is 0.253 bits per heavy atom. The first-order chi connectivity index (χ1) is 43.6. The van der Waals surface area contributed by atoms with Crippen LogP contribution in [0.15, 0.2) is 261 Å². The Bertz CT molecular complexity index is 4340. The van der Waals surface area contributed by atoms with Crippen LogP contribution < -0.4 is 26.2 Å². The van der Waals surface area contributed by atoms with E-state index in [4.69, 9.17) is 9.97 Å². The second-order valence-electron chi connectivity index (χ2n) is 29.2. The quantitative estimate of drug-likeness (QED) is 0.135. The van der Waals surface area contributed by atoms with E-state index in [1.807, 2.05) is 0 Å². The highest BCUT2D eigenvalue weighted by atomic mass is 15.2. The van der Waals surface area contributed by atoms with Gasteiger partial charge in [0.05, 0.1) is 11.4 Å². The molecule has 0 unspecified atom stereocenters. The van der Waals surface area contributed by atoms with Gasteiger partial charge in [-0.1, -0.05) is 265 Å². The zero-order chi connectivity index (χ0) is 63.1. The second kappa shape index (κ2) is 22.6. The largest absolute Gasteiger partial charge is 0.311 e. The van der Waals surface area contributed by atoms with Crippen molar-refractivity contribution in [2.24, 2.45) is 0 Å². The molecule has 12 aromatic rings. The molecule has 0 aliphatic carbocycles. The summed E-state index contributed by atoms with van der Waals surface area (Å²) in [7, 11) is 0. The molecule has 0 saturated heterocycles. The third-order valence-corrected chi connectivity index (χ3v) is 18.7. The van der Waals surface area contributed by atoms with E-state index in [-0.39, 0.29) is 28.4 Å². The molecule has 0 fully saturated rings. The molecule has 0 saturated carbocycles. The average molecular weight is 1180 g/mol. The van der Waals surface area contributed by atoms with Crippen LogP contribution in [-0.4, -0.2) is 16.7 Å². The van der Waals surface area contributed by atoms with Crippen molar-refractivity contribution in [3.8, 4) is 78.4 Å². The van der Waals surface area contributed by atoms with E-state index in [1.165, 1.54) is 60.9 Å². The molecule has 2 aliphatic rings. The van der Waals surface area contributed by atoms with Crippen molar-refractivity contribution < 1.29 is 0 Å². The van der Waals surface area contributed by atoms with Crippen LogP contribution in [0.2, 0.25) is 0 Å². The van der Waals surface area contributed by atoms with Crippen LogP contribution in [0.1, 0.15) is 105 Å². The monoisotopic (exact) mass is 1180 g/mol. The highest BCUT2D eigenvalue weighted by Gasteiger charge is 2.44. The first-order valence-corrected chi connectivity index (χ1v) is 32.3. The van der Waals surface area contributed by atoms with Crippen LogP contribution in [0.5, 0.6) is 0 Å². The summed E-state index contributed by atoms with van der Waals surface area (Å²) in [5, 5.41) is 0. The summed E-state index contributed by atoms with van der Waals surface area (Å²) in [6.45, 7) is 27.6. The zero-order valence-electron chi connectivity index (χ0n) is 54.7. The Morgan fingerprint density at radius 2 is 0.538 bits per heavy atom. The fraction of sp³-hybridized carbons (Fsp3) is 0.186. The number of benzene rings is 11. The Kier molecular flexibility index (Phi) is 14.6. The van der Waals surface area contributed by atoms with Crippen molar-refractivity contribution in [1.29, 1.82) is 0 Å². The van der Waals surface area contributed by atoms with E-state index >= 15 is 0 Å². The number of hydrogen-bond donors (Lipinski definition) is 0. The molecule has 4 nitrogen and oxygen atoms in total. The molecular weight excluding hydrogens is 1100 g/mol. The van der Waals surface area contributed by atoms with Crippen molar-refractivity contribution in [2.75, 3.05) is 9.80 Å². The maximum Gasteiger partial charge on any atom is 0.252 e. The Labute approximate surface area is 540 Å². The molecule has 446 valence electrons. The van der Waals surface area contributed by atoms with Gasteiger partial charge in [-0.25, -0.2) is 9.97 Å². The minimum absolute atomic E-state index is 0.117. The van der Waals surface area contributed by atoms with Crippen LogP contribution in [-0.2, 0) is 21.7 Å². The highest BCUT2D eigenvalue weighted by Crippen LogP contribution is 2.49. The Balaban J connectivity index is 1.10. The van der Waals surface area contributed by atoms with Crippen molar-refractivity contribution in [3.63, 3.8) is 0 Å². The number of anilines is 6. The first kappa shape index (κ1) is 58.8. The zero-order valence-corrected chi connectivity index (χ0v) is 54.7. The predicted octanol–water partition coefficient (Wildman–Crippen LogP) is 21.4. The lowest BCUT2D eigenvalue weighted by Crippen LogP contribution is -2.61. The number of hydrogen-bond acceptors (Lipinski definition) is 4. The van der Waals surface area contributed by atoms with Crippen LogP contribution in [0.25, 0.3) is 78.4 Å². The molecule has 0 atom stereocenters. The molecule has 2 aliphatic heterocycles. The van der Waals surface area contributed by atoms with Gasteiger partial charge in [-0.05, 0) is 184 Å². The third-order valence-electron chi connectivity index (χ3n) is 18.7. The van der Waals surface area contributed by atoms with Crippen molar-refractivity contribution in [1.82, 2.24) is 9.97 Å². The third kappa shape index (κ3) is 11.3. The molecule has 11 aromatic carbocycles. The van der Waals surface area contributed by atoms with Gasteiger partial charge in [-0.15, -0.1) is 0 Å². The summed E-state index contributed by atoms with van der Waals surface area (Å²) in [6.07, 6.45) is 0. The number of nitrogens with zero attached hydrogens (tertiary/aromatic N) is 4. The topological polar surface area (TPSA) is 32.3 Å². The number of rotatable bonds is 9. The summed E-state index contributed by atoms with van der Waals surface area (Å²) in [4.78, 5) is 16.7. The molecule has 3 heterocycles. The maximum atomic E-state index is 5.88. The molecule has 91 heavy (non-hydrogen) atoms. The van der Waals surface area contributed by atoms with Gasteiger partial charge >= 0.3 is 0 Å². The van der Waals surface area contributed by atoms with Crippen LogP contribution in [0.4, 0.5) is 34.1 Å². The molecule has 0 N–H and O–H groups in total. The summed E-state index contributed by atoms with van der Waals surface area (Å²) in [6, 6.07) is 97.3. The minimum atomic E-state index is -0.137. The Morgan fingerprint density at radius 3 is 0.879 bits per heavy atom. The smallest absolute Gasteiger partial charge is 0.252 e. The summed E-state index contributed by atoms with van der Waals surface area (Å²) < 4.78 is 0. The van der Waals surface area contributed by atoms with Gasteiger partial charge in [0.25, 0.3) is 6.71 Å². The lowest BCUT2D eigenvalue weighted by atomic mass is 9.33. The predicted molar refractivity (Wildman–Crippen MR) is 389 cm³/mol. The van der Waals surface area contributed by atoms with Gasteiger partial charge in [-0.3, -0.25) is 0 Å². The van der Waals surface area contributed by atoms with E-state index in [1.54, 1.807) is 0 Å². The van der Waals surface area contributed by atoms with E-state index in [0.717, 1.165) is 84.5 Å². The molecule has 0 spiro atoms. The fourth-order valence-electron chi connectivity index (χ4n) is 13.3. The fourth-order valence-corrected chi connectivity index (χ4v) is 13.3. The lowest BCUT2D eigenvalue weighted by molar-refractivity contribution is 0.568. The van der Waals surface area contributed by atoms with E-state index < -0.39 is 0 Å². The van der Waals surface area contributed by atoms with Gasteiger partial charge < -0.3 is 9.80 Å². The van der Waals surface area contributed by atoms with Crippen molar-refractivity contribution in [3.05, 3.63) is 283 Å². The standard InChI is InChI=1S/C86H79BN4/c1-83(2,3)67-45-64(46-68(53-67)84(4,5)6)75-55-76(89-82(88-75)66-47-69(85(7,8)9)54-70(48-66)86(10,11)12)65-51-79-81-80(52-65)91(72-41-35-61(36-42-72)57-27-19-14-20-28-57)78-50-63(59-31-23-16-24-32-59)38-44-74(78)87(81)73-43-37-62(58-29-21-15-22-30-58)49-77(73)90(79)71-39-33-60(34-40-71)56-25-17-13-18-26-56/h13-55H,1-12H3. The second-order valence-corrected chi connectivity index (χ2v) is 29.2. The summed E-state index contributed by atoms with van der Waals surface area (Å²) >= 11 is 0. The van der Waals surface area contributed by atoms with Crippen molar-refractivity contribution in [2.45, 2.75) is 105 Å². The maximum absolute atomic E-state index is 5.88. The molecule has 0 bridgehead atoms. The normalized spacial score (nSPS) is 13.0. The lowest BCUT2D eigenvalue weighted by Gasteiger charge is -2.44. The number of fused-ring (bicyclic) bond motifs is 4. The van der Waals surface area contributed by atoms with Crippen molar-refractivity contribution >= 4 is 57.2 Å². The van der Waals surface area contributed by atoms with E-state index in [9.17, 15) is 0 Å². The molecule has 0 radical (unpaired) electrons. The highest BCUT2D eigenvalue weighted by molar-refractivity contribution is 7.00. The molecule has 1 aromatic heterocycles. The van der Waals surface area contributed by atoms with Gasteiger partial charge in [0, 0.05) is 50.8 Å². The number of aromatic nitrogens is 2. The molecule has 14 rings (SSSR count). The molecule has 5 heteroatoms. The minimum Gasteiger partial charge on any atom is -0.311 e. The van der Waals surface area contributed by atoms with Crippen LogP contribution in [0.3, 0.4) is 0 Å². The SMILES string of the molecule is CC(C)(C)c1cc(-c2cc(-c3cc4c5c(c3)N(c3ccc(-c6ccccc6)cc3)c3cc(-c6ccccc6)ccc3B5c3ccc(-c5ccccc5)cc3N4c3ccc(-c4ccccc4)cc3)nc(-c3cc(C(C)(C)C)cc(C(C)(C)C)c3)n2)cc(C(C)(C)C)c1. The van der Waals surface area contributed by atoms with Gasteiger partial charge in [0.15, 0.2) is 5.82 Å². The average Bonchev–Trinajstić information content (AvgIpc) is 0.698. The Hall–Kier alpha value is -9.84. The first-order valence-electron chi connectivity index (χ1n) is 32.3. The van der Waals surface area contributed by atoms with E-state index in [0.29, 0.717) is 5.82 Å². The van der Waals surface area contributed by atoms with E-state index in [2.05, 4.69) is 354 Å². The summed E-state index contributed by atoms with van der Waals surface area (Å²) in [5.74, 6) is 0.698.